The highest BCUT2D eigenvalue weighted by molar-refractivity contribution is 6.21. The van der Waals surface area contributed by atoms with Crippen molar-refractivity contribution in [3.63, 3.8) is 0 Å². The van der Waals surface area contributed by atoms with Crippen molar-refractivity contribution in [2.45, 2.75) is 157 Å². The first-order valence-corrected chi connectivity index (χ1v) is 30.6. The lowest BCUT2D eigenvalue weighted by molar-refractivity contribution is -0.199. The molecular formula is C58H72N22O17. The zero-order chi connectivity index (χ0) is 68.7. The largest absolute Gasteiger partial charge is 0.400 e. The van der Waals surface area contributed by atoms with Gasteiger partial charge in [0.2, 0.25) is 0 Å². The van der Waals surface area contributed by atoms with Gasteiger partial charge in [-0.15, -0.1) is 0 Å². The van der Waals surface area contributed by atoms with E-state index in [2.05, 4.69) is 59.8 Å². The number of aliphatic hydroxyl groups is 5. The Kier molecular flexibility index (Phi) is 17.8. The van der Waals surface area contributed by atoms with E-state index in [1.165, 1.54) is 41.1 Å². The first-order chi connectivity index (χ1) is 46.5. The predicted octanol–water partition coefficient (Wildman–Crippen LogP) is -1.65. The molecule has 8 aliphatic heterocycles. The van der Waals surface area contributed by atoms with Crippen molar-refractivity contribution >= 4 is 79.7 Å². The van der Waals surface area contributed by atoms with Crippen LogP contribution in [0.3, 0.4) is 0 Å². The maximum atomic E-state index is 12.9. The molecule has 7 fully saturated rings. The third-order valence-corrected chi connectivity index (χ3v) is 17.2. The summed E-state index contributed by atoms with van der Waals surface area (Å²) >= 11 is 0. The molecule has 0 radical (unpaired) electrons. The minimum Gasteiger partial charge on any atom is -0.400 e. The molecule has 39 heteroatoms. The molecule has 0 spiro atoms. The van der Waals surface area contributed by atoms with E-state index in [-0.39, 0.29) is 67.1 Å². The molecule has 0 aliphatic carbocycles. The maximum Gasteiger partial charge on any atom is 0.261 e. The van der Waals surface area contributed by atoms with Crippen LogP contribution < -0.4 is 28.7 Å². The van der Waals surface area contributed by atoms with Gasteiger partial charge >= 0.3 is 0 Å². The smallest absolute Gasteiger partial charge is 0.261 e. The summed E-state index contributed by atoms with van der Waals surface area (Å²) in [4.78, 5) is 76.2. The molecule has 516 valence electrons. The van der Waals surface area contributed by atoms with Crippen LogP contribution in [0.15, 0.2) is 74.9 Å². The summed E-state index contributed by atoms with van der Waals surface area (Å²) < 4.78 is 66.3. The minimum atomic E-state index is -1.19. The SMILES string of the molecule is CC1(C)OC2C(n3cnc4c(N)ncnc43)O[C@H](CN)[C@H]2O1.CC1(C)OC2C(n3cnc4c(N)ncnc43)O[C@H](CN3C(=O)c4ccccc4C3=O)[C@H]2O1.CC1(C)OC2C(n3cnc4c(N)ncnc43)O[C@H](CO)[C@H]2O1.CO.Nc1ncnc2c1ncn2C1O[C@H](CO)[C@@H](O)[C@H]1O. The summed E-state index contributed by atoms with van der Waals surface area (Å²) in [5, 5.41) is 45.3. The Hall–Kier alpha value is -8.88. The van der Waals surface area contributed by atoms with E-state index >= 15 is 0 Å². The third-order valence-electron chi connectivity index (χ3n) is 17.2. The molecule has 15 N–H and O–H groups in total. The molecular weight excluding hydrogens is 1280 g/mol. The fourth-order valence-electron chi connectivity index (χ4n) is 13.1. The van der Waals surface area contributed by atoms with E-state index in [0.717, 1.165) is 7.11 Å². The molecule has 8 aliphatic rings. The number of carbonyl (C=O) groups excluding carboxylic acids is 2. The van der Waals surface area contributed by atoms with Gasteiger partial charge in [0.25, 0.3) is 11.8 Å². The minimum absolute atomic E-state index is 0.0349. The standard InChI is InChI=1S/C21H20N6O5.C13H18N6O3.C13H17N5O4.C10H13N5O4.CH4O/c1-21(2)31-14-12(7-26-18(28)10-5-3-4-6-11(10)19(26)29)30-20(15(14)32-21)27-9-25-13-16(22)23-8-24-17(13)27;1-13(2)21-8-6(3-14)20-12(9(8)22-13)19-5-18-7-10(15)16-4-17-11(7)19;1-13(2)21-8-6(3-19)20-12(9(8)22-13)18-5-17-7-10(14)15-4-16-11(7)18;11-8-5-9(13-2-12-8)15(3-14-5)10-7(18)6(17)4(1-16)19-10;1-2/h3-6,8-9,12,14-15,20H,7H2,1-2H3,(H2,22,23,24);4-6,8-9,12H,3,14H2,1-2H3,(H2,15,16,17);4-6,8-9,12,19H,3H2,1-2H3,(H2,14,15,16);2-4,6-7,10,16-18H,1H2,(H2,11,12,13);2H,1H3/t12-,14-,15?,20?;2*6-,8-,9?,12?;4-,6-,7-,10?;/m1111./s1. The zero-order valence-electron chi connectivity index (χ0n) is 53.1. The maximum absolute atomic E-state index is 12.9. The number of hydrogen-bond donors (Lipinski definition) is 10. The van der Waals surface area contributed by atoms with Crippen LogP contribution in [0.5, 0.6) is 0 Å². The molecule has 7 saturated heterocycles. The van der Waals surface area contributed by atoms with Gasteiger partial charge in [-0.3, -0.25) is 32.8 Å². The summed E-state index contributed by atoms with van der Waals surface area (Å²) in [6, 6.07) is 6.77. The van der Waals surface area contributed by atoms with Gasteiger partial charge in [-0.05, 0) is 53.7 Å². The number of imidazole rings is 4. The van der Waals surface area contributed by atoms with Crippen LogP contribution in [0.1, 0.15) is 87.2 Å². The second kappa shape index (κ2) is 25.8. The van der Waals surface area contributed by atoms with Crippen LogP contribution in [0, 0.1) is 0 Å². The molecule has 17 rings (SSSR count). The number of aromatic nitrogens is 16. The Morgan fingerprint density at radius 2 is 0.732 bits per heavy atom. The summed E-state index contributed by atoms with van der Waals surface area (Å²) in [6.07, 6.45) is 2.42. The number of nitrogens with two attached hydrogens (primary N) is 5. The lowest BCUT2D eigenvalue weighted by atomic mass is 10.1. The van der Waals surface area contributed by atoms with Crippen LogP contribution in [-0.2, 0) is 47.4 Å². The van der Waals surface area contributed by atoms with Gasteiger partial charge in [0.15, 0.2) is 88.1 Å². The second-order valence-corrected chi connectivity index (χ2v) is 24.6. The van der Waals surface area contributed by atoms with E-state index in [1.54, 1.807) is 56.9 Å². The van der Waals surface area contributed by atoms with E-state index < -0.39 is 91.6 Å². The van der Waals surface area contributed by atoms with Gasteiger partial charge in [-0.1, -0.05) is 12.1 Å². The molecule has 0 saturated carbocycles. The molecule has 16 heterocycles. The predicted molar refractivity (Wildman–Crippen MR) is 331 cm³/mol. The summed E-state index contributed by atoms with van der Waals surface area (Å²) in [5.74, 6) is -1.84. The lowest BCUT2D eigenvalue weighted by Crippen LogP contribution is -2.42. The Balaban J connectivity index is 0.000000118. The highest BCUT2D eigenvalue weighted by Gasteiger charge is 2.59. The fourth-order valence-corrected chi connectivity index (χ4v) is 13.1. The van der Waals surface area contributed by atoms with Crippen molar-refractivity contribution < 1.29 is 82.5 Å². The molecule has 39 nitrogen and oxygen atoms in total. The molecule has 2 amide bonds. The number of imide groups is 1. The molecule has 7 unspecified atom stereocenters. The lowest BCUT2D eigenvalue weighted by Gasteiger charge is -2.26. The number of ether oxygens (including phenoxy) is 10. The number of aliphatic hydroxyl groups excluding tert-OH is 5. The van der Waals surface area contributed by atoms with Crippen molar-refractivity contribution in [1.82, 2.24) is 83.0 Å². The molecule has 16 atom stereocenters. The van der Waals surface area contributed by atoms with Crippen LogP contribution in [0.4, 0.5) is 23.3 Å². The Morgan fingerprint density at radius 1 is 0.423 bits per heavy atom. The number of benzene rings is 1. The monoisotopic (exact) mass is 1350 g/mol. The fraction of sp³-hybridized carbons (Fsp3) is 0.517. The number of anilines is 4. The van der Waals surface area contributed by atoms with Gasteiger partial charge in [-0.25, -0.2) is 59.8 Å². The first kappa shape index (κ1) is 66.7. The van der Waals surface area contributed by atoms with Crippen molar-refractivity contribution in [2.24, 2.45) is 5.73 Å². The number of carbonyl (C=O) groups is 2. The molecule has 97 heavy (non-hydrogen) atoms. The average molecular weight is 1350 g/mol. The highest BCUT2D eigenvalue weighted by Crippen LogP contribution is 2.47. The highest BCUT2D eigenvalue weighted by atomic mass is 16.8. The van der Waals surface area contributed by atoms with Crippen molar-refractivity contribution in [1.29, 1.82) is 0 Å². The second-order valence-electron chi connectivity index (χ2n) is 24.6. The quantitative estimate of drug-likeness (QED) is 0.0724. The van der Waals surface area contributed by atoms with E-state index in [4.69, 9.17) is 86.3 Å². The summed E-state index contributed by atoms with van der Waals surface area (Å²) in [5.41, 5.74) is 33.7. The van der Waals surface area contributed by atoms with Gasteiger partial charge in [0, 0.05) is 13.7 Å². The van der Waals surface area contributed by atoms with E-state index in [9.17, 15) is 24.9 Å². The Bertz CT molecular complexity index is 4220. The summed E-state index contributed by atoms with van der Waals surface area (Å²) in [7, 11) is 1.00. The molecule has 1 aromatic carbocycles. The number of nitrogen functional groups attached to an aromatic ring is 4. The third kappa shape index (κ3) is 11.9. The van der Waals surface area contributed by atoms with Gasteiger partial charge in [0.1, 0.15) is 121 Å². The van der Waals surface area contributed by atoms with Crippen molar-refractivity contribution in [3.05, 3.63) is 86.0 Å². The topological polar surface area (TPSA) is 535 Å². The zero-order valence-corrected chi connectivity index (χ0v) is 53.1. The van der Waals surface area contributed by atoms with Crippen molar-refractivity contribution in [2.75, 3.05) is 56.3 Å². The number of rotatable bonds is 9. The van der Waals surface area contributed by atoms with Gasteiger partial charge in [0.05, 0.1) is 56.2 Å². The summed E-state index contributed by atoms with van der Waals surface area (Å²) in [6.45, 7) is 10.9. The normalized spacial score (nSPS) is 30.7. The molecule has 0 bridgehead atoms. The van der Waals surface area contributed by atoms with E-state index in [0.29, 0.717) is 74.0 Å². The first-order valence-electron chi connectivity index (χ1n) is 30.6. The number of hydrogen-bond acceptors (Lipinski definition) is 34. The molecule has 8 aromatic heterocycles. The number of amides is 2. The van der Waals surface area contributed by atoms with Gasteiger partial charge in [-0.2, -0.15) is 0 Å². The van der Waals surface area contributed by atoms with Crippen molar-refractivity contribution in [3.8, 4) is 0 Å². The number of fused-ring (bicyclic) bond motifs is 8. The Morgan fingerprint density at radius 3 is 1.08 bits per heavy atom. The van der Waals surface area contributed by atoms with E-state index in [1.807, 2.05) is 41.5 Å². The number of nitrogens with zero attached hydrogens (tertiary/aromatic N) is 17. The van der Waals surface area contributed by atoms with Gasteiger partial charge < -0.3 is 102 Å². The Labute approximate surface area is 548 Å². The van der Waals surface area contributed by atoms with Crippen LogP contribution in [0.2, 0.25) is 0 Å². The average Bonchev–Trinajstić information content (AvgIpc) is 1.74. The van der Waals surface area contributed by atoms with Crippen LogP contribution >= 0.6 is 0 Å². The van der Waals surface area contributed by atoms with Crippen LogP contribution in [0.25, 0.3) is 44.7 Å². The van der Waals surface area contributed by atoms with Crippen LogP contribution in [-0.4, -0.2) is 244 Å². The molecule has 9 aromatic rings.